The molecule has 1 aliphatic carbocycles. The maximum atomic E-state index is 13.5. The van der Waals surface area contributed by atoms with Crippen molar-refractivity contribution >= 4 is 11.8 Å². The Labute approximate surface area is 194 Å². The van der Waals surface area contributed by atoms with Crippen molar-refractivity contribution < 1.29 is 33.3 Å². The van der Waals surface area contributed by atoms with Crippen LogP contribution in [0.3, 0.4) is 0 Å². The van der Waals surface area contributed by atoms with Crippen molar-refractivity contribution in [3.8, 4) is 17.2 Å². The van der Waals surface area contributed by atoms with E-state index in [4.69, 9.17) is 23.7 Å². The third-order valence-electron chi connectivity index (χ3n) is 6.03. The van der Waals surface area contributed by atoms with Crippen LogP contribution in [-0.2, 0) is 19.1 Å². The summed E-state index contributed by atoms with van der Waals surface area (Å²) in [6.07, 6.45) is 1.06. The largest absolute Gasteiger partial charge is 0.496 e. The molecule has 0 amide bonds. The number of carbonyl (C=O) groups excluding carboxylic acids is 2. The molecule has 0 unspecified atom stereocenters. The monoisotopic (exact) mass is 459 g/mol. The van der Waals surface area contributed by atoms with Crippen molar-refractivity contribution in [3.05, 3.63) is 40.2 Å². The molecule has 8 nitrogen and oxygen atoms in total. The van der Waals surface area contributed by atoms with Crippen molar-refractivity contribution in [3.63, 3.8) is 0 Å². The lowest BCUT2D eigenvalue weighted by Gasteiger charge is -2.39. The average Bonchev–Trinajstić information content (AvgIpc) is 2.76. The number of methoxy groups -OCH3 is 4. The van der Waals surface area contributed by atoms with Crippen LogP contribution in [0.25, 0.3) is 0 Å². The standard InChI is InChI=1S/C25H33NO7/c1-14-21(24(28)33-9-8-29-4)22(23-16(26-14)12-25(2,3)13-17(23)27)15-10-19(31-6)20(32-7)11-18(15)30-5/h10-11,22,26H,8-9,12-13H2,1-7H3/t22-/m1/s1. The van der Waals surface area contributed by atoms with Gasteiger partial charge in [-0.15, -0.1) is 0 Å². The summed E-state index contributed by atoms with van der Waals surface area (Å²) < 4.78 is 27.1. The number of hydrogen-bond acceptors (Lipinski definition) is 8. The summed E-state index contributed by atoms with van der Waals surface area (Å²) in [6, 6.07) is 3.47. The predicted octanol–water partition coefficient (Wildman–Crippen LogP) is 3.51. The number of carbonyl (C=O) groups is 2. The van der Waals surface area contributed by atoms with E-state index >= 15 is 0 Å². The van der Waals surface area contributed by atoms with Gasteiger partial charge in [0.1, 0.15) is 12.4 Å². The van der Waals surface area contributed by atoms with Crippen LogP contribution in [0.5, 0.6) is 17.2 Å². The maximum Gasteiger partial charge on any atom is 0.336 e. The lowest BCUT2D eigenvalue weighted by molar-refractivity contribution is -0.140. The molecule has 1 aromatic carbocycles. The minimum Gasteiger partial charge on any atom is -0.496 e. The molecule has 1 N–H and O–H groups in total. The molecular formula is C25H33NO7. The number of Topliss-reactive ketones (excluding diaryl/α,β-unsaturated/α-hetero) is 1. The quantitative estimate of drug-likeness (QED) is 0.466. The summed E-state index contributed by atoms with van der Waals surface area (Å²) in [5.74, 6) is 0.256. The smallest absolute Gasteiger partial charge is 0.336 e. The Hall–Kier alpha value is -3.00. The van der Waals surface area contributed by atoms with Gasteiger partial charge < -0.3 is 29.0 Å². The topological polar surface area (TPSA) is 92.3 Å². The minimum absolute atomic E-state index is 0.00900. The van der Waals surface area contributed by atoms with E-state index in [9.17, 15) is 9.59 Å². The van der Waals surface area contributed by atoms with Gasteiger partial charge in [-0.3, -0.25) is 4.79 Å². The number of nitrogens with one attached hydrogen (secondary N) is 1. The maximum absolute atomic E-state index is 13.5. The third-order valence-corrected chi connectivity index (χ3v) is 6.03. The number of rotatable bonds is 8. The molecule has 1 atom stereocenters. The number of ketones is 1. The number of allylic oxidation sites excluding steroid dienone is 3. The van der Waals surface area contributed by atoms with Gasteiger partial charge in [-0.1, -0.05) is 13.8 Å². The Morgan fingerprint density at radius 1 is 1.00 bits per heavy atom. The lowest BCUT2D eigenvalue weighted by atomic mass is 9.68. The number of benzene rings is 1. The van der Waals surface area contributed by atoms with Crippen LogP contribution >= 0.6 is 0 Å². The van der Waals surface area contributed by atoms with Gasteiger partial charge in [0.2, 0.25) is 0 Å². The first-order valence-corrected chi connectivity index (χ1v) is 10.9. The van der Waals surface area contributed by atoms with Crippen LogP contribution in [0.15, 0.2) is 34.7 Å². The van der Waals surface area contributed by atoms with Gasteiger partial charge in [0, 0.05) is 42.1 Å². The van der Waals surface area contributed by atoms with Crippen molar-refractivity contribution in [2.24, 2.45) is 5.41 Å². The summed E-state index contributed by atoms with van der Waals surface area (Å²) >= 11 is 0. The van der Waals surface area contributed by atoms with Crippen molar-refractivity contribution in [1.29, 1.82) is 0 Å². The molecule has 0 radical (unpaired) electrons. The van der Waals surface area contributed by atoms with Crippen LogP contribution in [0.1, 0.15) is 45.1 Å². The number of hydrogen-bond donors (Lipinski definition) is 1. The second-order valence-electron chi connectivity index (χ2n) is 9.01. The summed E-state index contributed by atoms with van der Waals surface area (Å²) in [6.45, 7) is 6.33. The van der Waals surface area contributed by atoms with Crippen molar-refractivity contribution in [1.82, 2.24) is 5.32 Å². The number of ether oxygens (including phenoxy) is 5. The first kappa shape index (κ1) is 24.6. The summed E-state index contributed by atoms with van der Waals surface area (Å²) in [7, 11) is 6.16. The molecule has 180 valence electrons. The van der Waals surface area contributed by atoms with Crippen LogP contribution in [0.4, 0.5) is 0 Å². The van der Waals surface area contributed by atoms with E-state index in [1.54, 1.807) is 19.2 Å². The van der Waals surface area contributed by atoms with Gasteiger partial charge in [0.25, 0.3) is 0 Å². The van der Waals surface area contributed by atoms with Crippen LogP contribution in [0, 0.1) is 5.41 Å². The first-order valence-electron chi connectivity index (χ1n) is 10.9. The molecule has 1 heterocycles. The van der Waals surface area contributed by atoms with E-state index in [-0.39, 0.29) is 24.4 Å². The highest BCUT2D eigenvalue weighted by Gasteiger charge is 2.44. The average molecular weight is 460 g/mol. The zero-order valence-corrected chi connectivity index (χ0v) is 20.4. The SMILES string of the molecule is COCCOC(=O)C1=C(C)NC2=C(C(=O)CC(C)(C)C2)[C@@H]1c1cc(OC)c(OC)cc1OC. The van der Waals surface area contributed by atoms with Crippen LogP contribution < -0.4 is 19.5 Å². The molecule has 2 aliphatic rings. The highest BCUT2D eigenvalue weighted by Crippen LogP contribution is 2.50. The van der Waals surface area contributed by atoms with Crippen LogP contribution in [-0.4, -0.2) is 53.4 Å². The molecule has 1 aliphatic heterocycles. The van der Waals surface area contributed by atoms with E-state index in [1.807, 2.05) is 6.92 Å². The summed E-state index contributed by atoms with van der Waals surface area (Å²) in [4.78, 5) is 26.7. The predicted molar refractivity (Wildman–Crippen MR) is 123 cm³/mol. The third kappa shape index (κ3) is 4.85. The van der Waals surface area contributed by atoms with E-state index in [0.717, 1.165) is 5.70 Å². The van der Waals surface area contributed by atoms with E-state index in [1.165, 1.54) is 21.3 Å². The summed E-state index contributed by atoms with van der Waals surface area (Å²) in [5.41, 5.74) is 2.83. The number of dihydropyridines is 1. The Bertz CT molecular complexity index is 1010. The van der Waals surface area contributed by atoms with Gasteiger partial charge in [-0.2, -0.15) is 0 Å². The molecule has 0 bridgehead atoms. The van der Waals surface area contributed by atoms with E-state index in [0.29, 0.717) is 52.5 Å². The van der Waals surface area contributed by atoms with E-state index in [2.05, 4.69) is 19.2 Å². The molecule has 0 saturated heterocycles. The zero-order chi connectivity index (χ0) is 24.3. The second kappa shape index (κ2) is 9.87. The summed E-state index contributed by atoms with van der Waals surface area (Å²) in [5, 5.41) is 3.32. The van der Waals surface area contributed by atoms with Gasteiger partial charge >= 0.3 is 5.97 Å². The number of esters is 1. The Morgan fingerprint density at radius 3 is 2.24 bits per heavy atom. The van der Waals surface area contributed by atoms with Crippen molar-refractivity contribution in [2.75, 3.05) is 41.7 Å². The second-order valence-corrected chi connectivity index (χ2v) is 9.01. The van der Waals surface area contributed by atoms with Gasteiger partial charge in [0.15, 0.2) is 17.3 Å². The Balaban J connectivity index is 2.23. The first-order chi connectivity index (χ1) is 15.7. The van der Waals surface area contributed by atoms with Crippen molar-refractivity contribution in [2.45, 2.75) is 39.5 Å². The molecule has 1 aromatic rings. The van der Waals surface area contributed by atoms with Crippen LogP contribution in [0.2, 0.25) is 0 Å². The molecule has 33 heavy (non-hydrogen) atoms. The highest BCUT2D eigenvalue weighted by molar-refractivity contribution is 6.04. The minimum atomic E-state index is -0.672. The fraction of sp³-hybridized carbons (Fsp3) is 0.520. The lowest BCUT2D eigenvalue weighted by Crippen LogP contribution is -2.39. The van der Waals surface area contributed by atoms with Gasteiger partial charge in [-0.25, -0.2) is 4.79 Å². The molecular weight excluding hydrogens is 426 g/mol. The fourth-order valence-electron chi connectivity index (χ4n) is 4.59. The molecule has 0 saturated carbocycles. The molecule has 0 spiro atoms. The van der Waals surface area contributed by atoms with Gasteiger partial charge in [-0.05, 0) is 24.8 Å². The fourth-order valence-corrected chi connectivity index (χ4v) is 4.59. The molecule has 3 rings (SSSR count). The zero-order valence-electron chi connectivity index (χ0n) is 20.4. The Kier molecular flexibility index (Phi) is 7.37. The van der Waals surface area contributed by atoms with E-state index < -0.39 is 11.9 Å². The molecule has 0 aromatic heterocycles. The normalized spacial score (nSPS) is 19.6. The molecule has 0 fully saturated rings. The Morgan fingerprint density at radius 2 is 1.64 bits per heavy atom. The highest BCUT2D eigenvalue weighted by atomic mass is 16.6. The van der Waals surface area contributed by atoms with Gasteiger partial charge in [0.05, 0.1) is 39.4 Å². The molecule has 8 heteroatoms.